The zero-order valence-corrected chi connectivity index (χ0v) is 12.5. The molecule has 1 unspecified atom stereocenters. The molecule has 0 aliphatic rings. The largest absolute Gasteiger partial charge is 0.467 e. The Morgan fingerprint density at radius 1 is 1.30 bits per heavy atom. The molecule has 0 aliphatic heterocycles. The smallest absolute Gasteiger partial charge is 0.328 e. The van der Waals surface area contributed by atoms with Crippen LogP contribution in [0.4, 0.5) is 0 Å². The van der Waals surface area contributed by atoms with E-state index in [4.69, 9.17) is 11.6 Å². The third-order valence-corrected chi connectivity index (χ3v) is 3.08. The lowest BCUT2D eigenvalue weighted by Crippen LogP contribution is -2.44. The van der Waals surface area contributed by atoms with Gasteiger partial charge in [0.2, 0.25) is 5.91 Å². The number of methoxy groups -OCH3 is 1. The highest BCUT2D eigenvalue weighted by molar-refractivity contribution is 6.32. The van der Waals surface area contributed by atoms with E-state index in [1.807, 2.05) is 26.0 Å². The van der Waals surface area contributed by atoms with Crippen molar-refractivity contribution < 1.29 is 14.3 Å². The van der Waals surface area contributed by atoms with Crippen LogP contribution in [0, 0.1) is 5.92 Å². The van der Waals surface area contributed by atoms with Gasteiger partial charge in [0.05, 0.1) is 7.11 Å². The number of ether oxygens (including phenoxy) is 1. The Kier molecular flexibility index (Phi) is 6.25. The van der Waals surface area contributed by atoms with Crippen LogP contribution in [0.15, 0.2) is 30.3 Å². The SMILES string of the molecule is COC(=O)C(NC(=O)/C=C/c1ccccc1Cl)C(C)C. The predicted octanol–water partition coefficient (Wildman–Crippen LogP) is 2.67. The molecule has 0 spiro atoms. The molecule has 1 N–H and O–H groups in total. The van der Waals surface area contributed by atoms with Gasteiger partial charge >= 0.3 is 5.97 Å². The molecule has 0 heterocycles. The summed E-state index contributed by atoms with van der Waals surface area (Å²) in [6, 6.07) is 6.51. The lowest BCUT2D eigenvalue weighted by atomic mass is 10.0. The summed E-state index contributed by atoms with van der Waals surface area (Å²) in [5, 5.41) is 3.17. The van der Waals surface area contributed by atoms with E-state index in [1.165, 1.54) is 13.2 Å². The molecule has 1 rings (SSSR count). The van der Waals surface area contributed by atoms with Crippen LogP contribution in [0.2, 0.25) is 5.02 Å². The fourth-order valence-corrected chi connectivity index (χ4v) is 1.80. The molecule has 1 atom stereocenters. The van der Waals surface area contributed by atoms with Crippen LogP contribution in [0.3, 0.4) is 0 Å². The van der Waals surface area contributed by atoms with Crippen LogP contribution < -0.4 is 5.32 Å². The average molecular weight is 296 g/mol. The molecular formula is C15H18ClNO3. The molecule has 0 saturated heterocycles. The summed E-state index contributed by atoms with van der Waals surface area (Å²) in [4.78, 5) is 23.3. The fraction of sp³-hybridized carbons (Fsp3) is 0.333. The maximum Gasteiger partial charge on any atom is 0.328 e. The van der Waals surface area contributed by atoms with Crippen molar-refractivity contribution in [1.29, 1.82) is 0 Å². The van der Waals surface area contributed by atoms with Gasteiger partial charge in [-0.1, -0.05) is 43.6 Å². The van der Waals surface area contributed by atoms with Crippen LogP contribution in [0.5, 0.6) is 0 Å². The van der Waals surface area contributed by atoms with E-state index in [0.29, 0.717) is 5.02 Å². The third kappa shape index (κ3) is 4.70. The normalized spacial score (nSPS) is 12.4. The topological polar surface area (TPSA) is 55.4 Å². The zero-order chi connectivity index (χ0) is 15.1. The maximum absolute atomic E-state index is 11.8. The predicted molar refractivity (Wildman–Crippen MR) is 79.3 cm³/mol. The minimum Gasteiger partial charge on any atom is -0.467 e. The summed E-state index contributed by atoms with van der Waals surface area (Å²) in [5.41, 5.74) is 0.739. The van der Waals surface area contributed by atoms with E-state index in [2.05, 4.69) is 10.1 Å². The number of esters is 1. The van der Waals surface area contributed by atoms with Crippen molar-refractivity contribution in [1.82, 2.24) is 5.32 Å². The van der Waals surface area contributed by atoms with Crippen LogP contribution in [-0.2, 0) is 14.3 Å². The molecular weight excluding hydrogens is 278 g/mol. The second kappa shape index (κ2) is 7.70. The van der Waals surface area contributed by atoms with Crippen molar-refractivity contribution in [3.63, 3.8) is 0 Å². The Bertz CT molecular complexity index is 512. The summed E-state index contributed by atoms with van der Waals surface area (Å²) in [7, 11) is 1.30. The second-order valence-electron chi connectivity index (χ2n) is 4.61. The first-order valence-electron chi connectivity index (χ1n) is 6.26. The standard InChI is InChI=1S/C15H18ClNO3/c1-10(2)14(15(19)20-3)17-13(18)9-8-11-6-4-5-7-12(11)16/h4-10,14H,1-3H3,(H,17,18)/b9-8+. The molecule has 0 fully saturated rings. The first kappa shape index (κ1) is 16.2. The highest BCUT2D eigenvalue weighted by Crippen LogP contribution is 2.16. The van der Waals surface area contributed by atoms with Gasteiger partial charge in [0.1, 0.15) is 6.04 Å². The Morgan fingerprint density at radius 3 is 2.50 bits per heavy atom. The number of hydrogen-bond acceptors (Lipinski definition) is 3. The van der Waals surface area contributed by atoms with Crippen molar-refractivity contribution in [2.45, 2.75) is 19.9 Å². The average Bonchev–Trinajstić information content (AvgIpc) is 2.42. The van der Waals surface area contributed by atoms with Gasteiger partial charge < -0.3 is 10.1 Å². The van der Waals surface area contributed by atoms with Crippen molar-refractivity contribution in [2.75, 3.05) is 7.11 Å². The monoisotopic (exact) mass is 295 g/mol. The van der Waals surface area contributed by atoms with Crippen LogP contribution in [-0.4, -0.2) is 25.0 Å². The molecule has 20 heavy (non-hydrogen) atoms. The van der Waals surface area contributed by atoms with Crippen LogP contribution in [0.25, 0.3) is 6.08 Å². The quantitative estimate of drug-likeness (QED) is 0.671. The molecule has 0 aromatic heterocycles. The highest BCUT2D eigenvalue weighted by Gasteiger charge is 2.23. The summed E-state index contributed by atoms with van der Waals surface area (Å²) in [5.74, 6) is -0.881. The van der Waals surface area contributed by atoms with E-state index in [0.717, 1.165) is 5.56 Å². The second-order valence-corrected chi connectivity index (χ2v) is 5.02. The van der Waals surface area contributed by atoms with Gasteiger partial charge in [-0.15, -0.1) is 0 Å². The van der Waals surface area contributed by atoms with Gasteiger partial charge in [-0.05, 0) is 23.6 Å². The molecule has 1 aromatic rings. The number of rotatable bonds is 5. The van der Waals surface area contributed by atoms with E-state index < -0.39 is 12.0 Å². The Hall–Kier alpha value is -1.81. The summed E-state index contributed by atoms with van der Waals surface area (Å²) >= 11 is 5.98. The molecule has 5 heteroatoms. The van der Waals surface area contributed by atoms with Gasteiger partial charge in [-0.2, -0.15) is 0 Å². The lowest BCUT2D eigenvalue weighted by Gasteiger charge is -2.18. The maximum atomic E-state index is 11.8. The number of carbonyl (C=O) groups excluding carboxylic acids is 2. The lowest BCUT2D eigenvalue weighted by molar-refractivity contribution is -0.145. The Morgan fingerprint density at radius 2 is 1.95 bits per heavy atom. The van der Waals surface area contributed by atoms with E-state index in [9.17, 15) is 9.59 Å². The van der Waals surface area contributed by atoms with Gasteiger partial charge in [0, 0.05) is 11.1 Å². The van der Waals surface area contributed by atoms with Crippen molar-refractivity contribution in [3.05, 3.63) is 40.9 Å². The number of benzene rings is 1. The Balaban J connectivity index is 2.71. The highest BCUT2D eigenvalue weighted by atomic mass is 35.5. The first-order chi connectivity index (χ1) is 9.45. The van der Waals surface area contributed by atoms with E-state index >= 15 is 0 Å². The van der Waals surface area contributed by atoms with Gasteiger partial charge in [0.15, 0.2) is 0 Å². The van der Waals surface area contributed by atoms with E-state index in [1.54, 1.807) is 18.2 Å². The molecule has 4 nitrogen and oxygen atoms in total. The van der Waals surface area contributed by atoms with Crippen molar-refractivity contribution >= 4 is 29.6 Å². The van der Waals surface area contributed by atoms with Crippen molar-refractivity contribution in [2.24, 2.45) is 5.92 Å². The fourth-order valence-electron chi connectivity index (χ4n) is 1.60. The molecule has 0 saturated carbocycles. The molecule has 1 aromatic carbocycles. The Labute approximate surface area is 123 Å². The summed E-state index contributed by atoms with van der Waals surface area (Å²) < 4.78 is 4.66. The number of nitrogens with one attached hydrogen (secondary N) is 1. The van der Waals surface area contributed by atoms with Gasteiger partial charge in [-0.25, -0.2) is 4.79 Å². The number of amides is 1. The van der Waals surface area contributed by atoms with E-state index in [-0.39, 0.29) is 11.8 Å². The summed E-state index contributed by atoms with van der Waals surface area (Å²) in [6.07, 6.45) is 2.95. The summed E-state index contributed by atoms with van der Waals surface area (Å²) in [6.45, 7) is 3.67. The third-order valence-electron chi connectivity index (χ3n) is 2.74. The molecule has 0 aliphatic carbocycles. The minimum atomic E-state index is -0.664. The molecule has 1 amide bonds. The zero-order valence-electron chi connectivity index (χ0n) is 11.7. The van der Waals surface area contributed by atoms with Gasteiger partial charge in [0.25, 0.3) is 0 Å². The first-order valence-corrected chi connectivity index (χ1v) is 6.64. The van der Waals surface area contributed by atoms with Crippen LogP contribution >= 0.6 is 11.6 Å². The number of carbonyl (C=O) groups is 2. The number of hydrogen-bond donors (Lipinski definition) is 1. The minimum absolute atomic E-state index is 0.0555. The van der Waals surface area contributed by atoms with Crippen molar-refractivity contribution in [3.8, 4) is 0 Å². The number of halogens is 1. The molecule has 108 valence electrons. The van der Waals surface area contributed by atoms with Crippen LogP contribution in [0.1, 0.15) is 19.4 Å². The van der Waals surface area contributed by atoms with Gasteiger partial charge in [-0.3, -0.25) is 4.79 Å². The molecule has 0 bridgehead atoms. The molecule has 0 radical (unpaired) electrons.